The third-order valence-electron chi connectivity index (χ3n) is 10.6. The molecule has 2 saturated heterocycles. The third kappa shape index (κ3) is 8.58. The number of unbranched alkanes of at least 4 members (excludes halogenated alkanes) is 1. The highest BCUT2D eigenvalue weighted by Gasteiger charge is 2.40. The van der Waals surface area contributed by atoms with Gasteiger partial charge in [0.2, 0.25) is 0 Å². The van der Waals surface area contributed by atoms with Gasteiger partial charge in [0, 0.05) is 64.6 Å². The zero-order valence-electron chi connectivity index (χ0n) is 30.4. The monoisotopic (exact) mass is 810 g/mol. The van der Waals surface area contributed by atoms with E-state index in [2.05, 4.69) is 65.7 Å². The van der Waals surface area contributed by atoms with Gasteiger partial charge < -0.3 is 19.5 Å². The standard InChI is InChI=1S/C42H44BrClN6O4/c1-42(41(51)52)12-17-49(28-42)25-32-19-36(44)39(20-38(32)53-26-30-18-29(21-45)22-46-23-30)54-27-31-8-6-10-34(40(31)43)33-9-7-11-37-35(33)24-47-50(37)16-5-4-15-48-13-2-3-14-48/h6-11,18-20,22-24H,2-5,12-17,25-28H2,1H3,(H,51,52). The highest BCUT2D eigenvalue weighted by atomic mass is 79.9. The van der Waals surface area contributed by atoms with Crippen LogP contribution in [0.15, 0.2) is 77.7 Å². The van der Waals surface area contributed by atoms with E-state index in [0.717, 1.165) is 62.7 Å². The van der Waals surface area contributed by atoms with Crippen molar-refractivity contribution in [1.29, 1.82) is 5.26 Å². The molecule has 2 aromatic heterocycles. The molecule has 0 saturated carbocycles. The second kappa shape index (κ2) is 16.9. The first-order chi connectivity index (χ1) is 26.2. The fraction of sp³-hybridized carbons (Fsp3) is 0.381. The molecular weight excluding hydrogens is 768 g/mol. The molecule has 2 aliphatic heterocycles. The number of pyridine rings is 1. The summed E-state index contributed by atoms with van der Waals surface area (Å²) in [5.41, 5.74) is 5.42. The van der Waals surface area contributed by atoms with Crippen LogP contribution in [0.1, 0.15) is 61.3 Å². The minimum Gasteiger partial charge on any atom is -0.488 e. The highest BCUT2D eigenvalue weighted by Crippen LogP contribution is 2.39. The van der Waals surface area contributed by atoms with Gasteiger partial charge in [-0.2, -0.15) is 10.4 Å². The first-order valence-corrected chi connectivity index (χ1v) is 19.7. The Bertz CT molecular complexity index is 2180. The maximum absolute atomic E-state index is 11.9. The van der Waals surface area contributed by atoms with E-state index < -0.39 is 11.4 Å². The fourth-order valence-electron chi connectivity index (χ4n) is 7.51. The summed E-state index contributed by atoms with van der Waals surface area (Å²) in [6.45, 7) is 8.25. The van der Waals surface area contributed by atoms with E-state index in [1.54, 1.807) is 25.3 Å². The van der Waals surface area contributed by atoms with Gasteiger partial charge in [-0.3, -0.25) is 19.4 Å². The van der Waals surface area contributed by atoms with Crippen molar-refractivity contribution < 1.29 is 19.4 Å². The summed E-state index contributed by atoms with van der Waals surface area (Å²) in [5, 5.41) is 25.4. The quantitative estimate of drug-likeness (QED) is 0.104. The number of nitrogens with zero attached hydrogens (tertiary/aromatic N) is 6. The lowest BCUT2D eigenvalue weighted by molar-refractivity contribution is -0.147. The predicted molar refractivity (Wildman–Crippen MR) is 212 cm³/mol. The third-order valence-corrected chi connectivity index (χ3v) is 11.9. The van der Waals surface area contributed by atoms with Crippen molar-refractivity contribution in [3.8, 4) is 28.7 Å². The fourth-order valence-corrected chi connectivity index (χ4v) is 8.35. The van der Waals surface area contributed by atoms with E-state index in [4.69, 9.17) is 26.2 Å². The number of hydrogen-bond donors (Lipinski definition) is 1. The number of ether oxygens (including phenoxy) is 2. The molecule has 0 aliphatic carbocycles. The summed E-state index contributed by atoms with van der Waals surface area (Å²) in [7, 11) is 0. The van der Waals surface area contributed by atoms with Crippen molar-refractivity contribution in [2.45, 2.75) is 65.3 Å². The molecule has 0 amide bonds. The molecule has 5 aromatic rings. The number of aryl methyl sites for hydroxylation is 1. The van der Waals surface area contributed by atoms with Crippen molar-refractivity contribution in [2.75, 3.05) is 32.7 Å². The summed E-state index contributed by atoms with van der Waals surface area (Å²) < 4.78 is 15.8. The van der Waals surface area contributed by atoms with E-state index in [0.29, 0.717) is 48.1 Å². The smallest absolute Gasteiger partial charge is 0.310 e. The van der Waals surface area contributed by atoms with Crippen LogP contribution in [0, 0.1) is 16.7 Å². The Morgan fingerprint density at radius 2 is 1.72 bits per heavy atom. The number of fused-ring (bicyclic) bond motifs is 1. The molecule has 4 heterocycles. The van der Waals surface area contributed by atoms with Crippen molar-refractivity contribution in [3.63, 3.8) is 0 Å². The van der Waals surface area contributed by atoms with Crippen LogP contribution in [0.5, 0.6) is 11.5 Å². The Morgan fingerprint density at radius 3 is 2.52 bits per heavy atom. The highest BCUT2D eigenvalue weighted by molar-refractivity contribution is 9.10. The lowest BCUT2D eigenvalue weighted by atomic mass is 9.90. The molecule has 54 heavy (non-hydrogen) atoms. The van der Waals surface area contributed by atoms with Crippen LogP contribution in [-0.2, 0) is 31.1 Å². The van der Waals surface area contributed by atoms with Crippen LogP contribution in [-0.4, -0.2) is 68.4 Å². The number of nitriles is 1. The number of carboxylic acids is 1. The van der Waals surface area contributed by atoms with Gasteiger partial charge in [-0.25, -0.2) is 0 Å². The molecule has 1 atom stereocenters. The molecule has 7 rings (SSSR count). The molecule has 0 bridgehead atoms. The Balaban J connectivity index is 1.08. The molecule has 0 spiro atoms. The average molecular weight is 812 g/mol. The number of benzene rings is 3. The number of hydrogen-bond acceptors (Lipinski definition) is 8. The summed E-state index contributed by atoms with van der Waals surface area (Å²) in [6.07, 6.45) is 10.6. The normalized spacial score (nSPS) is 17.6. The topological polar surface area (TPSA) is 117 Å². The number of aromatic nitrogens is 3. The van der Waals surface area contributed by atoms with Crippen LogP contribution in [0.2, 0.25) is 5.02 Å². The lowest BCUT2D eigenvalue weighted by Crippen LogP contribution is -2.31. The first kappa shape index (κ1) is 37.8. The SMILES string of the molecule is CC1(C(=O)O)CCN(Cc2cc(Cl)c(OCc3cccc(-c4cccc5c4cnn5CCCCN4CCCC4)c3Br)cc2OCc2cncc(C#N)c2)C1. The van der Waals surface area contributed by atoms with Gasteiger partial charge in [0.1, 0.15) is 30.8 Å². The van der Waals surface area contributed by atoms with E-state index >= 15 is 0 Å². The Kier molecular flexibility index (Phi) is 11.8. The van der Waals surface area contributed by atoms with E-state index in [1.807, 2.05) is 24.4 Å². The average Bonchev–Trinajstić information content (AvgIpc) is 3.94. The molecule has 2 aliphatic rings. The van der Waals surface area contributed by atoms with Crippen LogP contribution >= 0.6 is 27.5 Å². The van der Waals surface area contributed by atoms with Gasteiger partial charge in [-0.05, 0) is 110 Å². The van der Waals surface area contributed by atoms with Crippen LogP contribution in [0.25, 0.3) is 22.0 Å². The van der Waals surface area contributed by atoms with Gasteiger partial charge in [0.05, 0.1) is 27.7 Å². The van der Waals surface area contributed by atoms with Gasteiger partial charge in [-0.1, -0.05) is 41.9 Å². The molecule has 12 heteroatoms. The lowest BCUT2D eigenvalue weighted by Gasteiger charge is -2.22. The van der Waals surface area contributed by atoms with E-state index in [1.165, 1.54) is 38.5 Å². The number of halogens is 2. The summed E-state index contributed by atoms with van der Waals surface area (Å²) >= 11 is 10.8. The van der Waals surface area contributed by atoms with Gasteiger partial charge in [0.25, 0.3) is 0 Å². The van der Waals surface area contributed by atoms with Crippen molar-refractivity contribution in [3.05, 3.63) is 105 Å². The molecule has 3 aromatic carbocycles. The van der Waals surface area contributed by atoms with Gasteiger partial charge in [0.15, 0.2) is 0 Å². The number of likely N-dealkylation sites (tertiary alicyclic amines) is 2. The number of rotatable bonds is 15. The number of aliphatic carboxylic acids is 1. The Hall–Kier alpha value is -4.47. The summed E-state index contributed by atoms with van der Waals surface area (Å²) in [4.78, 5) is 20.8. The Labute approximate surface area is 329 Å². The molecular formula is C42H44BrClN6O4. The second-order valence-electron chi connectivity index (χ2n) is 14.6. The maximum atomic E-state index is 11.9. The van der Waals surface area contributed by atoms with Gasteiger partial charge in [-0.15, -0.1) is 0 Å². The van der Waals surface area contributed by atoms with Crippen molar-refractivity contribution >= 4 is 44.4 Å². The zero-order chi connectivity index (χ0) is 37.7. The minimum absolute atomic E-state index is 0.178. The molecule has 0 radical (unpaired) electrons. The predicted octanol–water partition coefficient (Wildman–Crippen LogP) is 8.72. The first-order valence-electron chi connectivity index (χ1n) is 18.5. The minimum atomic E-state index is -0.808. The van der Waals surface area contributed by atoms with Crippen LogP contribution in [0.4, 0.5) is 0 Å². The largest absolute Gasteiger partial charge is 0.488 e. The van der Waals surface area contributed by atoms with Crippen molar-refractivity contribution in [2.24, 2.45) is 5.41 Å². The molecule has 1 unspecified atom stereocenters. The number of carboxylic acid groups (broad SMARTS) is 1. The summed E-state index contributed by atoms with van der Waals surface area (Å²) in [5.74, 6) is 0.225. The van der Waals surface area contributed by atoms with Crippen LogP contribution in [0.3, 0.4) is 0 Å². The maximum Gasteiger partial charge on any atom is 0.310 e. The second-order valence-corrected chi connectivity index (χ2v) is 15.8. The Morgan fingerprint density at radius 1 is 0.944 bits per heavy atom. The van der Waals surface area contributed by atoms with Gasteiger partial charge >= 0.3 is 5.97 Å². The molecule has 10 nitrogen and oxygen atoms in total. The van der Waals surface area contributed by atoms with Crippen molar-refractivity contribution in [1.82, 2.24) is 24.6 Å². The van der Waals surface area contributed by atoms with E-state index in [9.17, 15) is 15.2 Å². The number of carbonyl (C=O) groups is 1. The molecule has 280 valence electrons. The van der Waals surface area contributed by atoms with Crippen LogP contribution < -0.4 is 9.47 Å². The molecule has 2 fully saturated rings. The summed E-state index contributed by atoms with van der Waals surface area (Å²) in [6, 6.07) is 20.0. The zero-order valence-corrected chi connectivity index (χ0v) is 32.8. The van der Waals surface area contributed by atoms with E-state index in [-0.39, 0.29) is 13.2 Å². The molecule has 1 N–H and O–H groups in total.